The van der Waals surface area contributed by atoms with Crippen LogP contribution in [-0.2, 0) is 4.79 Å². The summed E-state index contributed by atoms with van der Waals surface area (Å²) < 4.78 is 1.52. The van der Waals surface area contributed by atoms with Crippen LogP contribution in [0.2, 0.25) is 0 Å². The van der Waals surface area contributed by atoms with Gasteiger partial charge in [-0.1, -0.05) is 12.8 Å². The minimum absolute atomic E-state index is 0.0427. The van der Waals surface area contributed by atoms with E-state index in [1.165, 1.54) is 9.42 Å². The van der Waals surface area contributed by atoms with E-state index >= 15 is 0 Å². The van der Waals surface area contributed by atoms with E-state index in [0.717, 1.165) is 24.2 Å². The fourth-order valence-electron chi connectivity index (χ4n) is 3.98. The lowest BCUT2D eigenvalue weighted by molar-refractivity contribution is -0.131. The number of carbonyl (C=O) groups excluding carboxylic acids is 3. The minimum Gasteiger partial charge on any atom is -0.349 e. The molecule has 2 N–H and O–H groups in total. The minimum atomic E-state index is -0.691. The van der Waals surface area contributed by atoms with Gasteiger partial charge in [0.25, 0.3) is 17.6 Å². The molecule has 4 rings (SSSR count). The van der Waals surface area contributed by atoms with Crippen LogP contribution in [0.3, 0.4) is 0 Å². The van der Waals surface area contributed by atoms with Crippen molar-refractivity contribution in [1.29, 1.82) is 0 Å². The molecule has 1 saturated carbocycles. The summed E-state index contributed by atoms with van der Waals surface area (Å²) in [6.45, 7) is 4.30. The van der Waals surface area contributed by atoms with Crippen molar-refractivity contribution in [1.82, 2.24) is 35.1 Å². The van der Waals surface area contributed by atoms with E-state index in [0.29, 0.717) is 31.6 Å². The predicted octanol–water partition coefficient (Wildman–Crippen LogP) is 0.726. The molecule has 1 aliphatic carbocycles. The van der Waals surface area contributed by atoms with Crippen molar-refractivity contribution >= 4 is 23.6 Å². The summed E-state index contributed by atoms with van der Waals surface area (Å²) in [7, 11) is 0. The molecule has 1 spiro atoms. The lowest BCUT2D eigenvalue weighted by atomic mass is 9.98. The van der Waals surface area contributed by atoms with E-state index in [9.17, 15) is 14.4 Å². The molecular weight excluding hydrogens is 362 g/mol. The van der Waals surface area contributed by atoms with E-state index in [2.05, 4.69) is 25.7 Å². The molecule has 3 heterocycles. The summed E-state index contributed by atoms with van der Waals surface area (Å²) in [6, 6.07) is 1.52. The van der Waals surface area contributed by atoms with Gasteiger partial charge in [-0.2, -0.15) is 4.98 Å². The quantitative estimate of drug-likeness (QED) is 0.578. The maximum atomic E-state index is 12.6. The fraction of sp³-hybridized carbons (Fsp3) is 0.556. The number of aromatic nitrogens is 4. The number of rotatable bonds is 5. The molecule has 2 fully saturated rings. The van der Waals surface area contributed by atoms with Gasteiger partial charge in [-0.25, -0.2) is 14.3 Å². The normalized spacial score (nSPS) is 18.3. The third kappa shape index (κ3) is 3.08. The Morgan fingerprint density at radius 3 is 2.75 bits per heavy atom. The molecule has 10 heteroatoms. The van der Waals surface area contributed by atoms with Gasteiger partial charge in [0, 0.05) is 24.5 Å². The third-order valence-corrected chi connectivity index (χ3v) is 5.37. The molecule has 10 nitrogen and oxygen atoms in total. The molecule has 2 aromatic heterocycles. The molecule has 0 bridgehead atoms. The first-order valence-corrected chi connectivity index (χ1v) is 9.53. The molecule has 2 aromatic rings. The van der Waals surface area contributed by atoms with Crippen LogP contribution in [0.4, 0.5) is 4.79 Å². The SMILES string of the molecule is Cc1cc(C)n2nc(C(=O)NCCCN3C(=O)NC4(CCCC4)C3=O)nc2n1. The van der Waals surface area contributed by atoms with Gasteiger partial charge >= 0.3 is 6.03 Å². The summed E-state index contributed by atoms with van der Waals surface area (Å²) in [5.74, 6) is -0.128. The average molecular weight is 385 g/mol. The van der Waals surface area contributed by atoms with E-state index in [1.807, 2.05) is 19.9 Å². The Kier molecular flexibility index (Phi) is 4.48. The largest absolute Gasteiger partial charge is 0.349 e. The number of urea groups is 1. The molecule has 28 heavy (non-hydrogen) atoms. The highest BCUT2D eigenvalue weighted by Gasteiger charge is 2.51. The molecule has 0 radical (unpaired) electrons. The number of hydrogen-bond donors (Lipinski definition) is 2. The number of nitrogens with zero attached hydrogens (tertiary/aromatic N) is 5. The Balaban J connectivity index is 1.32. The molecule has 4 amide bonds. The first-order valence-electron chi connectivity index (χ1n) is 9.53. The Labute approximate surface area is 161 Å². The van der Waals surface area contributed by atoms with Crippen LogP contribution in [-0.4, -0.2) is 61.0 Å². The maximum Gasteiger partial charge on any atom is 0.325 e. The van der Waals surface area contributed by atoms with Crippen LogP contribution in [0.5, 0.6) is 0 Å². The summed E-state index contributed by atoms with van der Waals surface area (Å²) >= 11 is 0. The Morgan fingerprint density at radius 1 is 1.25 bits per heavy atom. The van der Waals surface area contributed by atoms with Crippen LogP contribution in [0.1, 0.15) is 54.1 Å². The molecule has 0 unspecified atom stereocenters. The highest BCUT2D eigenvalue weighted by molar-refractivity contribution is 6.07. The summed E-state index contributed by atoms with van der Waals surface area (Å²) in [5.41, 5.74) is 0.954. The topological polar surface area (TPSA) is 122 Å². The first kappa shape index (κ1) is 18.3. The highest BCUT2D eigenvalue weighted by atomic mass is 16.2. The summed E-state index contributed by atoms with van der Waals surface area (Å²) in [4.78, 5) is 46.7. The van der Waals surface area contributed by atoms with Gasteiger partial charge in [-0.15, -0.1) is 5.10 Å². The van der Waals surface area contributed by atoms with Crippen molar-refractivity contribution in [3.8, 4) is 0 Å². The summed E-state index contributed by atoms with van der Waals surface area (Å²) in [5, 5.41) is 9.77. The van der Waals surface area contributed by atoms with Crippen molar-refractivity contribution in [2.75, 3.05) is 13.1 Å². The van der Waals surface area contributed by atoms with Crippen molar-refractivity contribution in [2.45, 2.75) is 51.5 Å². The number of fused-ring (bicyclic) bond motifs is 1. The van der Waals surface area contributed by atoms with Crippen LogP contribution >= 0.6 is 0 Å². The molecule has 0 atom stereocenters. The molecule has 1 saturated heterocycles. The Morgan fingerprint density at radius 2 is 2.00 bits per heavy atom. The summed E-state index contributed by atoms with van der Waals surface area (Å²) in [6.07, 6.45) is 3.78. The van der Waals surface area contributed by atoms with Crippen molar-refractivity contribution in [3.05, 3.63) is 23.3 Å². The molecule has 148 valence electrons. The smallest absolute Gasteiger partial charge is 0.325 e. The number of nitrogens with one attached hydrogen (secondary N) is 2. The molecule has 0 aromatic carbocycles. The highest BCUT2D eigenvalue weighted by Crippen LogP contribution is 2.34. The van der Waals surface area contributed by atoms with Crippen LogP contribution in [0, 0.1) is 13.8 Å². The second-order valence-electron chi connectivity index (χ2n) is 7.47. The number of carbonyl (C=O) groups is 3. The number of aryl methyl sites for hydroxylation is 2. The predicted molar refractivity (Wildman–Crippen MR) is 98.6 cm³/mol. The van der Waals surface area contributed by atoms with Crippen molar-refractivity contribution in [2.24, 2.45) is 0 Å². The number of hydrogen-bond acceptors (Lipinski definition) is 6. The number of imide groups is 1. The maximum absolute atomic E-state index is 12.6. The third-order valence-electron chi connectivity index (χ3n) is 5.37. The number of amides is 4. The molecular formula is C18H23N7O3. The lowest BCUT2D eigenvalue weighted by Crippen LogP contribution is -2.44. The van der Waals surface area contributed by atoms with Gasteiger partial charge in [0.1, 0.15) is 5.54 Å². The Bertz CT molecular complexity index is 961. The van der Waals surface area contributed by atoms with E-state index in [4.69, 9.17) is 0 Å². The standard InChI is InChI=1S/C18H23N7O3/c1-11-10-12(2)25-16(20-11)21-13(23-25)14(26)19-8-5-9-24-15(27)18(22-17(24)28)6-3-4-7-18/h10H,3-9H2,1-2H3,(H,19,26)(H,22,28). The van der Waals surface area contributed by atoms with Gasteiger partial charge in [0.2, 0.25) is 5.82 Å². The van der Waals surface area contributed by atoms with Gasteiger partial charge in [0.05, 0.1) is 0 Å². The lowest BCUT2D eigenvalue weighted by Gasteiger charge is -2.19. The van der Waals surface area contributed by atoms with Gasteiger partial charge < -0.3 is 10.6 Å². The van der Waals surface area contributed by atoms with Crippen molar-refractivity contribution < 1.29 is 14.4 Å². The zero-order valence-corrected chi connectivity index (χ0v) is 16.0. The zero-order valence-electron chi connectivity index (χ0n) is 16.0. The Hall–Kier alpha value is -3.04. The molecule has 2 aliphatic rings. The van der Waals surface area contributed by atoms with E-state index < -0.39 is 11.4 Å². The second-order valence-corrected chi connectivity index (χ2v) is 7.47. The zero-order chi connectivity index (χ0) is 19.9. The van der Waals surface area contributed by atoms with Gasteiger partial charge in [-0.05, 0) is 39.2 Å². The van der Waals surface area contributed by atoms with Gasteiger partial charge in [-0.3, -0.25) is 14.5 Å². The fourth-order valence-corrected chi connectivity index (χ4v) is 3.98. The van der Waals surface area contributed by atoms with E-state index in [1.54, 1.807) is 0 Å². The molecule has 1 aliphatic heterocycles. The second kappa shape index (κ2) is 6.84. The van der Waals surface area contributed by atoms with E-state index in [-0.39, 0.29) is 24.3 Å². The van der Waals surface area contributed by atoms with Crippen LogP contribution in [0.15, 0.2) is 6.07 Å². The average Bonchev–Trinajstić information content (AvgIpc) is 3.33. The van der Waals surface area contributed by atoms with Crippen molar-refractivity contribution in [3.63, 3.8) is 0 Å². The first-order chi connectivity index (χ1) is 13.4. The van der Waals surface area contributed by atoms with Crippen LogP contribution in [0.25, 0.3) is 5.78 Å². The van der Waals surface area contributed by atoms with Gasteiger partial charge in [0.15, 0.2) is 0 Å². The monoisotopic (exact) mass is 385 g/mol. The van der Waals surface area contributed by atoms with Crippen LogP contribution < -0.4 is 10.6 Å².